The van der Waals surface area contributed by atoms with Gasteiger partial charge in [0, 0.05) is 11.6 Å². The third kappa shape index (κ3) is 3.94. The number of nitrogens with one attached hydrogen (secondary N) is 2. The summed E-state index contributed by atoms with van der Waals surface area (Å²) in [6.07, 6.45) is -1.43. The van der Waals surface area contributed by atoms with Crippen LogP contribution in [0.2, 0.25) is 0 Å². The molecule has 0 atom stereocenters. The molecule has 0 spiro atoms. The molecule has 1 aliphatic carbocycles. The minimum absolute atomic E-state index is 0.111. The van der Waals surface area contributed by atoms with Gasteiger partial charge in [0.1, 0.15) is 5.69 Å². The normalized spacial score (nSPS) is 15.8. The maximum Gasteiger partial charge on any atom is 0.292 e. The van der Waals surface area contributed by atoms with Crippen molar-refractivity contribution < 1.29 is 22.1 Å². The summed E-state index contributed by atoms with van der Waals surface area (Å²) in [4.78, 5) is 10.3. The molecule has 3 rings (SSSR count). The molecule has 1 fully saturated rings. The summed E-state index contributed by atoms with van der Waals surface area (Å²) in [6.45, 7) is 1.75. The number of nitro benzene ring substituents is 1. The molecule has 1 aliphatic rings. The van der Waals surface area contributed by atoms with Gasteiger partial charge in [-0.15, -0.1) is 10.2 Å². The SMILES string of the molecule is CC1(NS(=O)(=O)c2ccc([N+](=O)[O-])c(Nc3nnc(C(F)F)s3)c2)CC1. The van der Waals surface area contributed by atoms with Crippen LogP contribution in [-0.2, 0) is 10.0 Å². The lowest BCUT2D eigenvalue weighted by atomic mass is 10.3. The summed E-state index contributed by atoms with van der Waals surface area (Å²) in [7, 11) is -3.89. The highest BCUT2D eigenvalue weighted by atomic mass is 32.2. The van der Waals surface area contributed by atoms with E-state index in [1.54, 1.807) is 6.92 Å². The zero-order chi connectivity index (χ0) is 19.1. The van der Waals surface area contributed by atoms with Crippen molar-refractivity contribution in [2.75, 3.05) is 5.32 Å². The van der Waals surface area contributed by atoms with E-state index in [-0.39, 0.29) is 15.7 Å². The first-order valence-electron chi connectivity index (χ1n) is 7.31. The number of anilines is 2. The Kier molecular flexibility index (Phi) is 4.62. The van der Waals surface area contributed by atoms with E-state index >= 15 is 0 Å². The lowest BCUT2D eigenvalue weighted by Crippen LogP contribution is -2.34. The molecule has 0 saturated heterocycles. The monoisotopic (exact) mass is 405 g/mol. The largest absolute Gasteiger partial charge is 0.324 e. The van der Waals surface area contributed by atoms with E-state index in [0.717, 1.165) is 18.2 Å². The van der Waals surface area contributed by atoms with Crippen LogP contribution in [0.15, 0.2) is 23.1 Å². The predicted molar refractivity (Wildman–Crippen MR) is 89.2 cm³/mol. The second-order valence-electron chi connectivity index (χ2n) is 5.97. The molecule has 0 bridgehead atoms. The van der Waals surface area contributed by atoms with E-state index in [0.29, 0.717) is 24.2 Å². The van der Waals surface area contributed by atoms with Gasteiger partial charge in [0.25, 0.3) is 12.1 Å². The fourth-order valence-corrected chi connectivity index (χ4v) is 4.21. The first-order chi connectivity index (χ1) is 12.1. The molecular weight excluding hydrogens is 392 g/mol. The van der Waals surface area contributed by atoms with Crippen LogP contribution >= 0.6 is 11.3 Å². The third-order valence-corrected chi connectivity index (χ3v) is 6.21. The lowest BCUT2D eigenvalue weighted by Gasteiger charge is -2.13. The highest BCUT2D eigenvalue weighted by Crippen LogP contribution is 2.37. The number of aromatic nitrogens is 2. The molecule has 13 heteroatoms. The van der Waals surface area contributed by atoms with Gasteiger partial charge in [-0.2, -0.15) is 0 Å². The van der Waals surface area contributed by atoms with Crippen molar-refractivity contribution in [2.24, 2.45) is 0 Å². The van der Waals surface area contributed by atoms with Crippen molar-refractivity contribution in [2.45, 2.75) is 36.6 Å². The summed E-state index contributed by atoms with van der Waals surface area (Å²) in [6, 6.07) is 3.21. The molecule has 0 amide bonds. The number of halogens is 2. The van der Waals surface area contributed by atoms with E-state index in [1.165, 1.54) is 0 Å². The molecule has 1 saturated carbocycles. The first-order valence-corrected chi connectivity index (χ1v) is 9.61. The molecule has 1 aromatic carbocycles. The van der Waals surface area contributed by atoms with Crippen LogP contribution in [0.25, 0.3) is 0 Å². The summed E-state index contributed by atoms with van der Waals surface area (Å²) in [5.74, 6) is 0. The molecule has 0 unspecified atom stereocenters. The van der Waals surface area contributed by atoms with Crippen molar-refractivity contribution in [1.29, 1.82) is 0 Å². The van der Waals surface area contributed by atoms with Crippen molar-refractivity contribution >= 4 is 37.9 Å². The van der Waals surface area contributed by atoms with Crippen molar-refractivity contribution in [3.63, 3.8) is 0 Å². The highest BCUT2D eigenvalue weighted by Gasteiger charge is 2.41. The molecule has 0 aliphatic heterocycles. The van der Waals surface area contributed by atoms with Gasteiger partial charge in [0.15, 0.2) is 5.01 Å². The Labute approximate surface area is 150 Å². The van der Waals surface area contributed by atoms with Crippen LogP contribution < -0.4 is 10.0 Å². The second-order valence-corrected chi connectivity index (χ2v) is 8.66. The number of benzene rings is 1. The Morgan fingerprint density at radius 3 is 2.58 bits per heavy atom. The number of hydrogen-bond acceptors (Lipinski definition) is 8. The molecule has 140 valence electrons. The average Bonchev–Trinajstić information content (AvgIpc) is 3.07. The molecule has 1 aromatic heterocycles. The zero-order valence-corrected chi connectivity index (χ0v) is 14.9. The van der Waals surface area contributed by atoms with Gasteiger partial charge in [-0.25, -0.2) is 21.9 Å². The number of hydrogen-bond donors (Lipinski definition) is 2. The number of rotatable bonds is 7. The van der Waals surface area contributed by atoms with Gasteiger partial charge in [-0.3, -0.25) is 10.1 Å². The molecule has 9 nitrogen and oxygen atoms in total. The molecule has 26 heavy (non-hydrogen) atoms. The van der Waals surface area contributed by atoms with Crippen molar-refractivity contribution in [3.05, 3.63) is 33.3 Å². The van der Waals surface area contributed by atoms with Gasteiger partial charge in [0.05, 0.1) is 9.82 Å². The molecule has 0 radical (unpaired) electrons. The Bertz CT molecular complexity index is 959. The van der Waals surface area contributed by atoms with Gasteiger partial charge >= 0.3 is 0 Å². The topological polar surface area (TPSA) is 127 Å². The van der Waals surface area contributed by atoms with Crippen molar-refractivity contribution in [1.82, 2.24) is 14.9 Å². The number of nitrogens with zero attached hydrogens (tertiary/aromatic N) is 3. The lowest BCUT2D eigenvalue weighted by molar-refractivity contribution is -0.384. The van der Waals surface area contributed by atoms with Gasteiger partial charge in [0.2, 0.25) is 15.2 Å². The van der Waals surface area contributed by atoms with Gasteiger partial charge in [-0.1, -0.05) is 11.3 Å². The first kappa shape index (κ1) is 18.5. The fourth-order valence-electron chi connectivity index (χ4n) is 2.10. The maximum absolute atomic E-state index is 12.6. The number of nitro groups is 1. The molecular formula is C13H13F2N5O4S2. The Hall–Kier alpha value is -2.25. The van der Waals surface area contributed by atoms with Crippen LogP contribution in [0.5, 0.6) is 0 Å². The summed E-state index contributed by atoms with van der Waals surface area (Å²) < 4.78 is 52.6. The highest BCUT2D eigenvalue weighted by molar-refractivity contribution is 7.89. The van der Waals surface area contributed by atoms with Crippen molar-refractivity contribution in [3.8, 4) is 0 Å². The van der Waals surface area contributed by atoms with E-state index in [2.05, 4.69) is 20.2 Å². The Morgan fingerprint density at radius 1 is 1.35 bits per heavy atom. The van der Waals surface area contributed by atoms with Crippen LogP contribution in [0.3, 0.4) is 0 Å². The smallest absolute Gasteiger partial charge is 0.292 e. The Morgan fingerprint density at radius 2 is 2.04 bits per heavy atom. The van der Waals surface area contributed by atoms with Crippen LogP contribution in [0, 0.1) is 10.1 Å². The van der Waals surface area contributed by atoms with Gasteiger partial charge in [-0.05, 0) is 31.9 Å². The van der Waals surface area contributed by atoms with Crippen LogP contribution in [-0.4, -0.2) is 29.1 Å². The maximum atomic E-state index is 12.6. The number of alkyl halides is 2. The summed E-state index contributed by atoms with van der Waals surface area (Å²) in [5, 5.41) is 19.8. The third-order valence-electron chi connectivity index (χ3n) is 3.72. The Balaban J connectivity index is 1.94. The predicted octanol–water partition coefficient (Wildman–Crippen LogP) is 2.96. The standard InChI is InChI=1S/C13H13F2N5O4S2/c1-13(4-5-13)19-26(23,24)7-2-3-9(20(21)22)8(6-7)16-12-18-17-11(25-12)10(14)15/h2-3,6,10,19H,4-5H2,1H3,(H,16,18). The minimum atomic E-state index is -3.89. The van der Waals surface area contributed by atoms with E-state index in [9.17, 15) is 27.3 Å². The van der Waals surface area contributed by atoms with Gasteiger partial charge < -0.3 is 5.32 Å². The summed E-state index contributed by atoms with van der Waals surface area (Å²) >= 11 is 0.519. The quantitative estimate of drug-likeness (QED) is 0.535. The second kappa shape index (κ2) is 6.48. The fraction of sp³-hybridized carbons (Fsp3) is 0.385. The summed E-state index contributed by atoms with van der Waals surface area (Å²) in [5.41, 5.74) is -1.12. The average molecular weight is 405 g/mol. The molecule has 2 aromatic rings. The molecule has 1 heterocycles. The zero-order valence-electron chi connectivity index (χ0n) is 13.3. The number of sulfonamides is 1. The van der Waals surface area contributed by atoms with E-state index in [4.69, 9.17) is 0 Å². The van der Waals surface area contributed by atoms with E-state index in [1.807, 2.05) is 0 Å². The van der Waals surface area contributed by atoms with E-state index < -0.39 is 37.6 Å². The van der Waals surface area contributed by atoms with Crippen LogP contribution in [0.1, 0.15) is 31.2 Å². The minimum Gasteiger partial charge on any atom is -0.324 e. The van der Waals surface area contributed by atoms with Crippen LogP contribution in [0.4, 0.5) is 25.3 Å². The molecule has 2 N–H and O–H groups in total.